The van der Waals surface area contributed by atoms with Crippen LogP contribution >= 0.6 is 12.4 Å². The molecule has 3 aromatic rings. The lowest BCUT2D eigenvalue weighted by Crippen LogP contribution is -2.32. The number of aromatic nitrogens is 3. The molecule has 0 aliphatic rings. The van der Waals surface area contributed by atoms with Gasteiger partial charge in [-0.15, -0.1) is 12.4 Å². The van der Waals surface area contributed by atoms with E-state index in [1.807, 2.05) is 19.2 Å². The molecule has 0 saturated carbocycles. The van der Waals surface area contributed by atoms with Gasteiger partial charge in [-0.3, -0.25) is 9.59 Å². The molecule has 0 saturated heterocycles. The van der Waals surface area contributed by atoms with Gasteiger partial charge in [-0.05, 0) is 19.2 Å². The number of aromatic amines is 1. The first-order valence-electron chi connectivity index (χ1n) is 7.02. The lowest BCUT2D eigenvalue weighted by atomic mass is 10.2. The van der Waals surface area contributed by atoms with E-state index in [0.717, 1.165) is 0 Å². The number of amides is 1. The number of rotatable bonds is 4. The summed E-state index contributed by atoms with van der Waals surface area (Å²) >= 11 is 0. The van der Waals surface area contributed by atoms with E-state index in [9.17, 15) is 9.59 Å². The van der Waals surface area contributed by atoms with Gasteiger partial charge in [0.1, 0.15) is 11.2 Å². The van der Waals surface area contributed by atoms with Gasteiger partial charge in [0.05, 0.1) is 17.1 Å². The van der Waals surface area contributed by atoms with E-state index >= 15 is 0 Å². The fourth-order valence-corrected chi connectivity index (χ4v) is 2.42. The monoisotopic (exact) mass is 335 g/mol. The molecule has 0 aliphatic carbocycles. The van der Waals surface area contributed by atoms with Crippen LogP contribution in [0.4, 0.5) is 0 Å². The molecule has 3 rings (SSSR count). The molecule has 7 nitrogen and oxygen atoms in total. The average Bonchev–Trinajstić information content (AvgIpc) is 2.96. The first kappa shape index (κ1) is 17.0. The van der Waals surface area contributed by atoms with Crippen LogP contribution in [-0.2, 0) is 0 Å². The van der Waals surface area contributed by atoms with Crippen molar-refractivity contribution in [3.8, 4) is 0 Å². The van der Waals surface area contributed by atoms with Gasteiger partial charge < -0.3 is 15.2 Å². The molecule has 1 aromatic carbocycles. The lowest BCUT2D eigenvalue weighted by Gasteiger charge is -2.15. The molecule has 122 valence electrons. The number of nitrogens with one attached hydrogen (secondary N) is 2. The summed E-state index contributed by atoms with van der Waals surface area (Å²) in [6, 6.07) is 7.17. The Kier molecular flexibility index (Phi) is 5.02. The zero-order valence-corrected chi connectivity index (χ0v) is 13.7. The molecule has 0 aliphatic heterocycles. The number of nitrogens with zero attached hydrogens (tertiary/aromatic N) is 3. The molecule has 0 radical (unpaired) electrons. The van der Waals surface area contributed by atoms with Crippen LogP contribution in [0.5, 0.6) is 0 Å². The van der Waals surface area contributed by atoms with E-state index in [0.29, 0.717) is 35.2 Å². The maximum atomic E-state index is 12.5. The second-order valence-corrected chi connectivity index (χ2v) is 5.12. The van der Waals surface area contributed by atoms with Crippen molar-refractivity contribution in [2.75, 3.05) is 27.2 Å². The second kappa shape index (κ2) is 6.80. The van der Waals surface area contributed by atoms with E-state index < -0.39 is 0 Å². The number of H-pyrrole nitrogens is 1. The van der Waals surface area contributed by atoms with Crippen LogP contribution < -0.4 is 10.9 Å². The Labute approximate surface area is 138 Å². The first-order chi connectivity index (χ1) is 10.6. The lowest BCUT2D eigenvalue weighted by molar-refractivity contribution is 0.0798. The normalized spacial score (nSPS) is 10.7. The SMILES string of the molecule is CNCCN(C)C(=O)c1cnn2c1[nH]c(=O)c1ccccc12.Cl. The Balaban J connectivity index is 0.00000192. The molecule has 8 heteroatoms. The van der Waals surface area contributed by atoms with Crippen LogP contribution in [0.2, 0.25) is 0 Å². The van der Waals surface area contributed by atoms with Crippen molar-refractivity contribution in [2.24, 2.45) is 0 Å². The largest absolute Gasteiger partial charge is 0.340 e. The molecule has 0 spiro atoms. The highest BCUT2D eigenvalue weighted by Gasteiger charge is 2.18. The predicted molar refractivity (Wildman–Crippen MR) is 91.5 cm³/mol. The quantitative estimate of drug-likeness (QED) is 0.742. The van der Waals surface area contributed by atoms with E-state index in [-0.39, 0.29) is 23.9 Å². The fraction of sp³-hybridized carbons (Fsp3) is 0.267. The summed E-state index contributed by atoms with van der Waals surface area (Å²) in [5.41, 5.74) is 1.26. The van der Waals surface area contributed by atoms with Gasteiger partial charge in [0, 0.05) is 20.1 Å². The predicted octanol–water partition coefficient (Wildman–Crippen LogP) is 0.889. The zero-order chi connectivity index (χ0) is 15.7. The number of carbonyl (C=O) groups excluding carboxylic acids is 1. The average molecular weight is 336 g/mol. The first-order valence-corrected chi connectivity index (χ1v) is 7.02. The Morgan fingerprint density at radius 3 is 2.87 bits per heavy atom. The number of benzene rings is 1. The maximum absolute atomic E-state index is 12.5. The van der Waals surface area contributed by atoms with Gasteiger partial charge in [-0.1, -0.05) is 12.1 Å². The van der Waals surface area contributed by atoms with Crippen molar-refractivity contribution in [3.63, 3.8) is 0 Å². The fourth-order valence-electron chi connectivity index (χ4n) is 2.42. The van der Waals surface area contributed by atoms with Gasteiger partial charge in [-0.25, -0.2) is 4.52 Å². The number of likely N-dealkylation sites (N-methyl/N-ethyl adjacent to an activating group) is 2. The van der Waals surface area contributed by atoms with Crippen LogP contribution in [0.25, 0.3) is 16.6 Å². The van der Waals surface area contributed by atoms with E-state index in [4.69, 9.17) is 0 Å². The Morgan fingerprint density at radius 1 is 1.39 bits per heavy atom. The minimum atomic E-state index is -0.226. The van der Waals surface area contributed by atoms with Crippen molar-refractivity contribution in [2.45, 2.75) is 0 Å². The van der Waals surface area contributed by atoms with E-state index in [2.05, 4.69) is 15.4 Å². The number of hydrogen-bond acceptors (Lipinski definition) is 4. The summed E-state index contributed by atoms with van der Waals surface area (Å²) < 4.78 is 1.59. The molecule has 2 N–H and O–H groups in total. The number of halogens is 1. The molecule has 0 unspecified atom stereocenters. The van der Waals surface area contributed by atoms with Crippen LogP contribution in [0.3, 0.4) is 0 Å². The summed E-state index contributed by atoms with van der Waals surface area (Å²) in [6.45, 7) is 1.27. The Morgan fingerprint density at radius 2 is 2.13 bits per heavy atom. The summed E-state index contributed by atoms with van der Waals surface area (Å²) in [5, 5.41) is 7.79. The van der Waals surface area contributed by atoms with Crippen LogP contribution in [0.15, 0.2) is 35.3 Å². The third kappa shape index (κ3) is 2.93. The molecular weight excluding hydrogens is 318 g/mol. The van der Waals surface area contributed by atoms with Crippen molar-refractivity contribution in [1.82, 2.24) is 24.8 Å². The van der Waals surface area contributed by atoms with Crippen molar-refractivity contribution < 1.29 is 4.79 Å². The molecular formula is C15H18ClN5O2. The second-order valence-electron chi connectivity index (χ2n) is 5.12. The molecule has 23 heavy (non-hydrogen) atoms. The standard InChI is InChI=1S/C15H17N5O2.ClH/c1-16-7-8-19(2)15(22)11-9-17-20-12-6-4-3-5-10(12)14(21)18-13(11)20;/h3-6,9,16H,7-8H2,1-2H3,(H,18,21);1H. The summed E-state index contributed by atoms with van der Waals surface area (Å²) in [4.78, 5) is 29.0. The van der Waals surface area contributed by atoms with Gasteiger partial charge >= 0.3 is 0 Å². The minimum absolute atomic E-state index is 0. The summed E-state index contributed by atoms with van der Waals surface area (Å²) in [6.07, 6.45) is 1.50. The topological polar surface area (TPSA) is 82.5 Å². The van der Waals surface area contributed by atoms with Crippen molar-refractivity contribution in [1.29, 1.82) is 0 Å². The highest BCUT2D eigenvalue weighted by molar-refractivity contribution is 6.00. The summed E-state index contributed by atoms with van der Waals surface area (Å²) in [7, 11) is 3.56. The molecule has 0 atom stereocenters. The minimum Gasteiger partial charge on any atom is -0.340 e. The van der Waals surface area contributed by atoms with Gasteiger partial charge in [0.2, 0.25) is 0 Å². The molecule has 0 fully saturated rings. The van der Waals surface area contributed by atoms with Crippen molar-refractivity contribution >= 4 is 34.9 Å². The van der Waals surface area contributed by atoms with Crippen LogP contribution in [-0.4, -0.2) is 52.6 Å². The molecule has 2 aromatic heterocycles. The number of para-hydroxylation sites is 1. The zero-order valence-electron chi connectivity index (χ0n) is 12.9. The molecule has 0 bridgehead atoms. The Hall–Kier alpha value is -2.38. The van der Waals surface area contributed by atoms with Crippen molar-refractivity contribution in [3.05, 3.63) is 46.4 Å². The number of hydrogen-bond donors (Lipinski definition) is 2. The molecule has 1 amide bonds. The highest BCUT2D eigenvalue weighted by Crippen LogP contribution is 2.15. The Bertz CT molecular complexity index is 902. The smallest absolute Gasteiger partial charge is 0.259 e. The van der Waals surface area contributed by atoms with Crippen LogP contribution in [0, 0.1) is 0 Å². The van der Waals surface area contributed by atoms with Gasteiger partial charge in [-0.2, -0.15) is 5.10 Å². The third-order valence-corrected chi connectivity index (χ3v) is 3.65. The van der Waals surface area contributed by atoms with Gasteiger partial charge in [0.25, 0.3) is 11.5 Å². The van der Waals surface area contributed by atoms with E-state index in [1.165, 1.54) is 6.20 Å². The maximum Gasteiger partial charge on any atom is 0.259 e. The summed E-state index contributed by atoms with van der Waals surface area (Å²) in [5.74, 6) is -0.170. The van der Waals surface area contributed by atoms with Gasteiger partial charge in [0.15, 0.2) is 0 Å². The van der Waals surface area contributed by atoms with E-state index in [1.54, 1.807) is 28.6 Å². The highest BCUT2D eigenvalue weighted by atomic mass is 35.5. The van der Waals surface area contributed by atoms with Crippen LogP contribution in [0.1, 0.15) is 10.4 Å². The number of carbonyl (C=O) groups is 1. The third-order valence-electron chi connectivity index (χ3n) is 3.65. The molecule has 2 heterocycles. The number of fused-ring (bicyclic) bond motifs is 3.